The first kappa shape index (κ1) is 19.4. The van der Waals surface area contributed by atoms with Crippen LogP contribution in [0.1, 0.15) is 36.5 Å². The molecule has 0 atom stereocenters. The minimum absolute atomic E-state index is 0.146. The zero-order valence-electron chi connectivity index (χ0n) is 16.2. The van der Waals surface area contributed by atoms with Crippen molar-refractivity contribution >= 4 is 15.7 Å². The Morgan fingerprint density at radius 2 is 1.76 bits per heavy atom. The maximum Gasteiger partial charge on any atom is 0.267 e. The molecule has 0 radical (unpaired) electrons. The lowest BCUT2D eigenvalue weighted by atomic mass is 9.89. The van der Waals surface area contributed by atoms with E-state index < -0.39 is 10.0 Å². The van der Waals surface area contributed by atoms with E-state index in [4.69, 9.17) is 0 Å². The lowest BCUT2D eigenvalue weighted by molar-refractivity contribution is 0.600. The van der Waals surface area contributed by atoms with Gasteiger partial charge in [0.05, 0.1) is 10.6 Å². The third kappa shape index (κ3) is 3.82. The predicted molar refractivity (Wildman–Crippen MR) is 114 cm³/mol. The molecule has 29 heavy (non-hydrogen) atoms. The highest BCUT2D eigenvalue weighted by Gasteiger charge is 2.23. The number of para-hydroxylation sites is 1. The largest absolute Gasteiger partial charge is 0.280 e. The smallest absolute Gasteiger partial charge is 0.267 e. The van der Waals surface area contributed by atoms with Crippen LogP contribution in [0.5, 0.6) is 0 Å². The van der Waals surface area contributed by atoms with Gasteiger partial charge in [0.15, 0.2) is 0 Å². The Hall–Kier alpha value is -2.93. The van der Waals surface area contributed by atoms with Crippen molar-refractivity contribution in [3.8, 4) is 11.3 Å². The van der Waals surface area contributed by atoms with Crippen LogP contribution in [0, 0.1) is 0 Å². The first-order chi connectivity index (χ1) is 14.0. The first-order valence-electron chi connectivity index (χ1n) is 9.81. The number of nitrogens with one attached hydrogen (secondary N) is 2. The van der Waals surface area contributed by atoms with Crippen molar-refractivity contribution in [3.63, 3.8) is 0 Å². The van der Waals surface area contributed by atoms with Gasteiger partial charge in [-0.3, -0.25) is 9.52 Å². The first-order valence-corrected chi connectivity index (χ1v) is 11.3. The molecule has 0 unspecified atom stereocenters. The van der Waals surface area contributed by atoms with Crippen molar-refractivity contribution in [2.24, 2.45) is 0 Å². The van der Waals surface area contributed by atoms with Gasteiger partial charge in [0.2, 0.25) is 0 Å². The molecular formula is C22H23N3O3S. The van der Waals surface area contributed by atoms with E-state index in [-0.39, 0.29) is 10.5 Å². The second-order valence-electron chi connectivity index (χ2n) is 7.21. The lowest BCUT2D eigenvalue weighted by Crippen LogP contribution is -2.21. The summed E-state index contributed by atoms with van der Waals surface area (Å²) in [7, 11) is -3.77. The van der Waals surface area contributed by atoms with Crippen molar-refractivity contribution in [2.75, 3.05) is 4.72 Å². The van der Waals surface area contributed by atoms with E-state index in [1.54, 1.807) is 30.3 Å². The molecule has 6 nitrogen and oxygen atoms in total. The van der Waals surface area contributed by atoms with Crippen molar-refractivity contribution in [2.45, 2.75) is 43.9 Å². The van der Waals surface area contributed by atoms with Gasteiger partial charge in [-0.05, 0) is 61.4 Å². The Bertz CT molecular complexity index is 1200. The van der Waals surface area contributed by atoms with E-state index in [9.17, 15) is 13.2 Å². The Morgan fingerprint density at radius 1 is 1.03 bits per heavy atom. The molecular weight excluding hydrogens is 386 g/mol. The average molecular weight is 410 g/mol. The number of hydrogen-bond acceptors (Lipinski definition) is 4. The normalized spacial score (nSPS) is 13.7. The van der Waals surface area contributed by atoms with Crippen LogP contribution >= 0.6 is 0 Å². The van der Waals surface area contributed by atoms with Crippen molar-refractivity contribution in [1.29, 1.82) is 0 Å². The fourth-order valence-corrected chi connectivity index (χ4v) is 5.25. The third-order valence-corrected chi connectivity index (χ3v) is 6.80. The molecule has 0 spiro atoms. The number of anilines is 1. The summed E-state index contributed by atoms with van der Waals surface area (Å²) in [6.45, 7) is 1.93. The summed E-state index contributed by atoms with van der Waals surface area (Å²) in [6.07, 6.45) is 4.08. The number of aromatic amines is 1. The molecule has 0 amide bonds. The molecule has 1 aliphatic carbocycles. The molecule has 150 valence electrons. The Morgan fingerprint density at radius 3 is 2.48 bits per heavy atom. The van der Waals surface area contributed by atoms with Crippen LogP contribution in [-0.4, -0.2) is 18.6 Å². The molecule has 1 aliphatic rings. The number of nitrogens with zero attached hydrogens (tertiary/aromatic N) is 1. The van der Waals surface area contributed by atoms with Gasteiger partial charge in [0.25, 0.3) is 15.6 Å². The fraction of sp³-hybridized carbons (Fsp3) is 0.273. The highest BCUT2D eigenvalue weighted by molar-refractivity contribution is 7.92. The molecule has 0 fully saturated rings. The summed E-state index contributed by atoms with van der Waals surface area (Å²) in [5.74, 6) is 0. The van der Waals surface area contributed by atoms with Crippen molar-refractivity contribution < 1.29 is 8.42 Å². The summed E-state index contributed by atoms with van der Waals surface area (Å²) in [6, 6.07) is 14.2. The van der Waals surface area contributed by atoms with Gasteiger partial charge >= 0.3 is 0 Å². The van der Waals surface area contributed by atoms with Crippen molar-refractivity contribution in [1.82, 2.24) is 10.2 Å². The SMILES string of the molecule is CCc1ccc(-c2n[nH]c(=O)c3c2CCCC3)cc1S(=O)(=O)Nc1ccccc1. The average Bonchev–Trinajstić information content (AvgIpc) is 2.74. The molecule has 0 aliphatic heterocycles. The molecule has 7 heteroatoms. The summed E-state index contributed by atoms with van der Waals surface area (Å²) < 4.78 is 28.9. The maximum atomic E-state index is 13.1. The van der Waals surface area contributed by atoms with Gasteiger partial charge < -0.3 is 0 Å². The Labute approximate surface area is 170 Å². The molecule has 2 aromatic carbocycles. The lowest BCUT2D eigenvalue weighted by Gasteiger charge is -2.18. The topological polar surface area (TPSA) is 91.9 Å². The minimum Gasteiger partial charge on any atom is -0.280 e. The second kappa shape index (κ2) is 7.83. The van der Waals surface area contributed by atoms with Gasteiger partial charge in [-0.25, -0.2) is 13.5 Å². The number of aryl methyl sites for hydroxylation is 1. The number of benzene rings is 2. The van der Waals surface area contributed by atoms with E-state index in [0.717, 1.165) is 42.4 Å². The highest BCUT2D eigenvalue weighted by Crippen LogP contribution is 2.31. The minimum atomic E-state index is -3.77. The van der Waals surface area contributed by atoms with Crippen LogP contribution in [0.15, 0.2) is 58.2 Å². The van der Waals surface area contributed by atoms with Gasteiger partial charge in [-0.1, -0.05) is 37.3 Å². The number of hydrogen-bond donors (Lipinski definition) is 2. The van der Waals surface area contributed by atoms with Gasteiger partial charge in [-0.15, -0.1) is 0 Å². The Kier molecular flexibility index (Phi) is 5.24. The summed E-state index contributed by atoms with van der Waals surface area (Å²) >= 11 is 0. The number of sulfonamides is 1. The van der Waals surface area contributed by atoms with E-state index in [1.807, 2.05) is 25.1 Å². The molecule has 4 rings (SSSR count). The molecule has 3 aromatic rings. The zero-order valence-corrected chi connectivity index (χ0v) is 17.1. The summed E-state index contributed by atoms with van der Waals surface area (Å²) in [5.41, 5.74) is 4.17. The molecule has 1 heterocycles. The van der Waals surface area contributed by atoms with Gasteiger partial charge in [-0.2, -0.15) is 5.10 Å². The monoisotopic (exact) mass is 409 g/mol. The number of rotatable bonds is 5. The molecule has 0 bridgehead atoms. The third-order valence-electron chi connectivity index (χ3n) is 5.33. The van der Waals surface area contributed by atoms with E-state index in [2.05, 4.69) is 14.9 Å². The standard InChI is InChI=1S/C22H23N3O3S/c1-2-15-12-13-16(21-18-10-6-7-11-19(18)22(26)24-23-21)14-20(15)29(27,28)25-17-8-4-3-5-9-17/h3-5,8-9,12-14,25H,2,6-7,10-11H2,1H3,(H,24,26). The number of aromatic nitrogens is 2. The molecule has 0 saturated heterocycles. The van der Waals surface area contributed by atoms with Crippen LogP contribution in [-0.2, 0) is 29.3 Å². The quantitative estimate of drug-likeness (QED) is 0.672. The van der Waals surface area contributed by atoms with Crippen LogP contribution < -0.4 is 10.3 Å². The highest BCUT2D eigenvalue weighted by atomic mass is 32.2. The summed E-state index contributed by atoms with van der Waals surface area (Å²) in [4.78, 5) is 12.4. The van der Waals surface area contributed by atoms with E-state index in [0.29, 0.717) is 23.4 Å². The van der Waals surface area contributed by atoms with Crippen LogP contribution in [0.25, 0.3) is 11.3 Å². The maximum absolute atomic E-state index is 13.1. The summed E-state index contributed by atoms with van der Waals surface area (Å²) in [5, 5.41) is 6.85. The van der Waals surface area contributed by atoms with E-state index in [1.165, 1.54) is 0 Å². The molecule has 2 N–H and O–H groups in total. The van der Waals surface area contributed by atoms with Crippen LogP contribution in [0.3, 0.4) is 0 Å². The predicted octanol–water partition coefficient (Wildman–Crippen LogP) is 3.68. The number of fused-ring (bicyclic) bond motifs is 1. The zero-order chi connectivity index (χ0) is 20.4. The Balaban J connectivity index is 1.82. The molecule has 0 saturated carbocycles. The fourth-order valence-electron chi connectivity index (χ4n) is 3.86. The van der Waals surface area contributed by atoms with Gasteiger partial charge in [0.1, 0.15) is 0 Å². The van der Waals surface area contributed by atoms with Crippen LogP contribution in [0.2, 0.25) is 0 Å². The number of H-pyrrole nitrogens is 1. The van der Waals surface area contributed by atoms with E-state index >= 15 is 0 Å². The van der Waals surface area contributed by atoms with Crippen molar-refractivity contribution in [3.05, 3.63) is 75.6 Å². The molecule has 1 aromatic heterocycles. The van der Waals surface area contributed by atoms with Gasteiger partial charge in [0, 0.05) is 16.8 Å². The van der Waals surface area contributed by atoms with Crippen LogP contribution in [0.4, 0.5) is 5.69 Å². The second-order valence-corrected chi connectivity index (χ2v) is 8.86.